The summed E-state index contributed by atoms with van der Waals surface area (Å²) in [6.45, 7) is 7.87. The summed E-state index contributed by atoms with van der Waals surface area (Å²) in [7, 11) is 0. The number of benzene rings is 1. The molecule has 0 unspecified atom stereocenters. The van der Waals surface area contributed by atoms with Gasteiger partial charge in [0.15, 0.2) is 0 Å². The van der Waals surface area contributed by atoms with E-state index in [1.807, 2.05) is 27.7 Å². The van der Waals surface area contributed by atoms with Gasteiger partial charge in [0.05, 0.1) is 24.0 Å². The fourth-order valence-electron chi connectivity index (χ4n) is 2.63. The second-order valence-corrected chi connectivity index (χ2v) is 6.63. The Morgan fingerprint density at radius 1 is 1.22 bits per heavy atom. The lowest BCUT2D eigenvalue weighted by atomic mass is 10.1. The molecule has 3 rings (SSSR count). The van der Waals surface area contributed by atoms with Crippen LogP contribution in [0.5, 0.6) is 0 Å². The van der Waals surface area contributed by atoms with E-state index < -0.39 is 0 Å². The van der Waals surface area contributed by atoms with Crippen molar-refractivity contribution >= 4 is 10.9 Å². The molecule has 23 heavy (non-hydrogen) atoms. The van der Waals surface area contributed by atoms with Gasteiger partial charge in [-0.3, -0.25) is 9.48 Å². The van der Waals surface area contributed by atoms with Crippen LogP contribution >= 0.6 is 0 Å². The Kier molecular flexibility index (Phi) is 3.55. The molecule has 0 saturated carbocycles. The summed E-state index contributed by atoms with van der Waals surface area (Å²) in [5.41, 5.74) is 1.04. The third-order valence-electron chi connectivity index (χ3n) is 3.78. The molecule has 0 atom stereocenters. The zero-order valence-electron chi connectivity index (χ0n) is 13.7. The molecule has 0 saturated heterocycles. The average molecular weight is 314 g/mol. The van der Waals surface area contributed by atoms with Crippen LogP contribution in [0, 0.1) is 12.7 Å². The van der Waals surface area contributed by atoms with E-state index in [2.05, 4.69) is 10.2 Å². The Hall–Kier alpha value is -2.50. The second kappa shape index (κ2) is 5.30. The van der Waals surface area contributed by atoms with Crippen molar-refractivity contribution in [2.24, 2.45) is 0 Å². The van der Waals surface area contributed by atoms with Crippen LogP contribution in [0.15, 0.2) is 35.3 Å². The molecular weight excluding hydrogens is 295 g/mol. The minimum atomic E-state index is -0.344. The molecule has 6 heteroatoms. The predicted molar refractivity (Wildman–Crippen MR) is 87.0 cm³/mol. The van der Waals surface area contributed by atoms with Crippen molar-refractivity contribution in [1.29, 1.82) is 0 Å². The second-order valence-electron chi connectivity index (χ2n) is 6.63. The summed E-state index contributed by atoms with van der Waals surface area (Å²) in [5, 5.41) is 9.39. The molecule has 2 aromatic heterocycles. The highest BCUT2D eigenvalue weighted by Gasteiger charge is 2.21. The summed E-state index contributed by atoms with van der Waals surface area (Å²) in [6, 6.07) is 6.40. The molecule has 0 radical (unpaired) electrons. The van der Waals surface area contributed by atoms with E-state index in [9.17, 15) is 9.18 Å². The van der Waals surface area contributed by atoms with E-state index in [-0.39, 0.29) is 23.5 Å². The maximum Gasteiger partial charge on any atom is 0.293 e. The first-order chi connectivity index (χ1) is 10.8. The summed E-state index contributed by atoms with van der Waals surface area (Å²) in [6.07, 6.45) is 1.66. The lowest BCUT2D eigenvalue weighted by molar-refractivity contribution is 0.366. The minimum absolute atomic E-state index is 0.0949. The smallest absolute Gasteiger partial charge is 0.265 e. The van der Waals surface area contributed by atoms with Crippen LogP contribution < -0.4 is 5.56 Å². The standard InChI is InChI=1S/C17H19FN4O/c1-11-13-9-19-22(17(2,3)4)15(13)16(23)21(20-11)10-12-7-5-6-8-14(12)18/h5-9H,10H2,1-4H3. The first-order valence-corrected chi connectivity index (χ1v) is 7.48. The maximum absolute atomic E-state index is 13.9. The molecule has 0 aliphatic rings. The van der Waals surface area contributed by atoms with Crippen molar-refractivity contribution in [3.63, 3.8) is 0 Å². The number of fused-ring (bicyclic) bond motifs is 1. The van der Waals surface area contributed by atoms with Gasteiger partial charge in [0.1, 0.15) is 11.3 Å². The average Bonchev–Trinajstić information content (AvgIpc) is 2.92. The maximum atomic E-state index is 13.9. The summed E-state index contributed by atoms with van der Waals surface area (Å²) >= 11 is 0. The highest BCUT2D eigenvalue weighted by molar-refractivity contribution is 5.79. The van der Waals surface area contributed by atoms with Gasteiger partial charge in [-0.15, -0.1) is 0 Å². The molecule has 2 heterocycles. The zero-order valence-corrected chi connectivity index (χ0v) is 13.7. The Labute approximate surface area is 133 Å². The minimum Gasteiger partial charge on any atom is -0.265 e. The van der Waals surface area contributed by atoms with Crippen molar-refractivity contribution in [2.45, 2.75) is 39.8 Å². The molecule has 120 valence electrons. The largest absolute Gasteiger partial charge is 0.293 e. The first kappa shape index (κ1) is 15.4. The van der Waals surface area contributed by atoms with Crippen molar-refractivity contribution < 1.29 is 4.39 Å². The van der Waals surface area contributed by atoms with Crippen molar-refractivity contribution in [2.75, 3.05) is 0 Å². The normalized spacial score (nSPS) is 12.0. The van der Waals surface area contributed by atoms with Gasteiger partial charge >= 0.3 is 0 Å². The molecule has 0 N–H and O–H groups in total. The molecule has 0 aliphatic carbocycles. The van der Waals surface area contributed by atoms with Crippen molar-refractivity contribution in [3.05, 3.63) is 57.9 Å². The molecule has 1 aromatic carbocycles. The Morgan fingerprint density at radius 3 is 2.57 bits per heavy atom. The summed E-state index contributed by atoms with van der Waals surface area (Å²) in [5.74, 6) is -0.344. The third-order valence-corrected chi connectivity index (χ3v) is 3.78. The summed E-state index contributed by atoms with van der Waals surface area (Å²) in [4.78, 5) is 12.8. The Bertz CT molecular complexity index is 934. The van der Waals surface area contributed by atoms with Gasteiger partial charge in [-0.05, 0) is 33.8 Å². The van der Waals surface area contributed by atoms with E-state index >= 15 is 0 Å². The molecular formula is C17H19FN4O. The van der Waals surface area contributed by atoms with Gasteiger partial charge in [0, 0.05) is 10.9 Å². The van der Waals surface area contributed by atoms with Crippen LogP contribution in [0.1, 0.15) is 32.0 Å². The van der Waals surface area contributed by atoms with Gasteiger partial charge in [0.2, 0.25) is 0 Å². The molecule has 0 fully saturated rings. The van der Waals surface area contributed by atoms with Gasteiger partial charge in [-0.25, -0.2) is 9.07 Å². The topological polar surface area (TPSA) is 52.7 Å². The number of aryl methyl sites for hydroxylation is 1. The first-order valence-electron chi connectivity index (χ1n) is 7.48. The van der Waals surface area contributed by atoms with Crippen LogP contribution in [-0.2, 0) is 12.1 Å². The van der Waals surface area contributed by atoms with Crippen molar-refractivity contribution in [3.8, 4) is 0 Å². The third kappa shape index (κ3) is 2.65. The number of rotatable bonds is 2. The zero-order chi connectivity index (χ0) is 16.8. The molecule has 0 spiro atoms. The Balaban J connectivity index is 2.22. The van der Waals surface area contributed by atoms with Crippen LogP contribution in [0.2, 0.25) is 0 Å². The number of halogens is 1. The quantitative estimate of drug-likeness (QED) is 0.731. The van der Waals surface area contributed by atoms with Crippen LogP contribution in [0.25, 0.3) is 10.9 Å². The van der Waals surface area contributed by atoms with Gasteiger partial charge in [-0.1, -0.05) is 18.2 Å². The van der Waals surface area contributed by atoms with E-state index in [1.165, 1.54) is 10.7 Å². The van der Waals surface area contributed by atoms with E-state index in [1.54, 1.807) is 29.1 Å². The van der Waals surface area contributed by atoms with E-state index in [0.29, 0.717) is 16.8 Å². The van der Waals surface area contributed by atoms with E-state index in [4.69, 9.17) is 0 Å². The fraction of sp³-hybridized carbons (Fsp3) is 0.353. The Morgan fingerprint density at radius 2 is 1.91 bits per heavy atom. The molecule has 0 bridgehead atoms. The van der Waals surface area contributed by atoms with Crippen LogP contribution in [0.4, 0.5) is 4.39 Å². The van der Waals surface area contributed by atoms with Crippen LogP contribution in [-0.4, -0.2) is 19.6 Å². The molecule has 5 nitrogen and oxygen atoms in total. The van der Waals surface area contributed by atoms with E-state index in [0.717, 1.165) is 5.39 Å². The van der Waals surface area contributed by atoms with Gasteiger partial charge < -0.3 is 0 Å². The number of aromatic nitrogens is 4. The van der Waals surface area contributed by atoms with Crippen LogP contribution in [0.3, 0.4) is 0 Å². The highest BCUT2D eigenvalue weighted by atomic mass is 19.1. The number of hydrogen-bond donors (Lipinski definition) is 0. The monoisotopic (exact) mass is 314 g/mol. The lowest BCUT2D eigenvalue weighted by Crippen LogP contribution is -2.31. The fourth-order valence-corrected chi connectivity index (χ4v) is 2.63. The highest BCUT2D eigenvalue weighted by Crippen LogP contribution is 2.20. The molecule has 3 aromatic rings. The predicted octanol–water partition coefficient (Wildman–Crippen LogP) is 2.84. The SMILES string of the molecule is Cc1nn(Cc2ccccc2F)c(=O)c2c1cnn2C(C)(C)C. The summed E-state index contributed by atoms with van der Waals surface area (Å²) < 4.78 is 16.9. The van der Waals surface area contributed by atoms with Gasteiger partial charge in [-0.2, -0.15) is 10.2 Å². The molecule has 0 amide bonds. The lowest BCUT2D eigenvalue weighted by Gasteiger charge is -2.20. The molecule has 0 aliphatic heterocycles. The van der Waals surface area contributed by atoms with Gasteiger partial charge in [0.25, 0.3) is 5.56 Å². The van der Waals surface area contributed by atoms with Crippen molar-refractivity contribution in [1.82, 2.24) is 19.6 Å². The number of nitrogens with zero attached hydrogens (tertiary/aromatic N) is 4. The number of hydrogen-bond acceptors (Lipinski definition) is 3.